The molecule has 2 rings (SSSR count). The van der Waals surface area contributed by atoms with Gasteiger partial charge < -0.3 is 10.0 Å². The molecule has 0 aromatic heterocycles. The summed E-state index contributed by atoms with van der Waals surface area (Å²) in [7, 11) is -3.75. The molecule has 8 heteroatoms. The highest BCUT2D eigenvalue weighted by Crippen LogP contribution is 2.33. The zero-order chi connectivity index (χ0) is 16.5. The Morgan fingerprint density at radius 1 is 1.41 bits per heavy atom. The van der Waals surface area contributed by atoms with Gasteiger partial charge in [-0.25, -0.2) is 13.1 Å². The van der Waals surface area contributed by atoms with Gasteiger partial charge in [-0.05, 0) is 37.1 Å². The number of fused-ring (bicyclic) bond motifs is 1. The smallest absolute Gasteiger partial charge is 0.304 e. The normalized spacial score (nSPS) is 17.4. The number of hydrogen-bond donors (Lipinski definition) is 2. The van der Waals surface area contributed by atoms with Gasteiger partial charge in [0.2, 0.25) is 15.9 Å². The second kappa shape index (κ2) is 6.05. The summed E-state index contributed by atoms with van der Waals surface area (Å²) in [6.45, 7) is 3.22. The van der Waals surface area contributed by atoms with Gasteiger partial charge in [0.1, 0.15) is 0 Å². The van der Waals surface area contributed by atoms with Gasteiger partial charge in [0.15, 0.2) is 0 Å². The first-order valence-corrected chi connectivity index (χ1v) is 8.35. The van der Waals surface area contributed by atoms with E-state index in [0.29, 0.717) is 6.42 Å². The zero-order valence-electron chi connectivity index (χ0n) is 12.4. The number of carboxylic acids is 1. The number of carbonyl (C=O) groups is 2. The van der Waals surface area contributed by atoms with E-state index in [1.54, 1.807) is 11.0 Å². The molecular formula is C14H18N2O5S. The minimum absolute atomic E-state index is 0.00887. The molecule has 0 radical (unpaired) electrons. The Morgan fingerprint density at radius 3 is 2.68 bits per heavy atom. The van der Waals surface area contributed by atoms with Crippen molar-refractivity contribution in [3.05, 3.63) is 23.8 Å². The van der Waals surface area contributed by atoms with E-state index in [1.165, 1.54) is 19.1 Å². The molecule has 1 atom stereocenters. The van der Waals surface area contributed by atoms with Crippen LogP contribution in [0.25, 0.3) is 0 Å². The molecule has 1 aromatic rings. The van der Waals surface area contributed by atoms with E-state index in [-0.39, 0.29) is 29.8 Å². The molecule has 120 valence electrons. The summed E-state index contributed by atoms with van der Waals surface area (Å²) in [6.07, 6.45) is 0.312. The van der Waals surface area contributed by atoms with Crippen molar-refractivity contribution in [2.75, 3.05) is 11.4 Å². The number of amides is 1. The van der Waals surface area contributed by atoms with E-state index < -0.39 is 16.0 Å². The van der Waals surface area contributed by atoms with Crippen molar-refractivity contribution in [3.8, 4) is 0 Å². The number of carboxylic acid groups (broad SMARTS) is 1. The monoisotopic (exact) mass is 326 g/mol. The Morgan fingerprint density at radius 2 is 2.09 bits per heavy atom. The summed E-state index contributed by atoms with van der Waals surface area (Å²) >= 11 is 0. The number of benzene rings is 1. The second-order valence-electron chi connectivity index (χ2n) is 5.27. The molecule has 0 fully saturated rings. The minimum Gasteiger partial charge on any atom is -0.481 e. The molecule has 1 amide bonds. The van der Waals surface area contributed by atoms with Crippen LogP contribution in [0.1, 0.15) is 25.8 Å². The fourth-order valence-electron chi connectivity index (χ4n) is 2.63. The third-order valence-corrected chi connectivity index (χ3v) is 5.01. The van der Waals surface area contributed by atoms with Crippen LogP contribution in [0.4, 0.5) is 5.69 Å². The Balaban J connectivity index is 2.24. The number of anilines is 1. The molecule has 22 heavy (non-hydrogen) atoms. The molecule has 1 aliphatic heterocycles. The van der Waals surface area contributed by atoms with E-state index in [2.05, 4.69) is 4.72 Å². The highest BCUT2D eigenvalue weighted by Gasteiger charge is 2.30. The van der Waals surface area contributed by atoms with E-state index >= 15 is 0 Å². The lowest BCUT2D eigenvalue weighted by Gasteiger charge is -2.20. The first-order valence-electron chi connectivity index (χ1n) is 6.86. The average Bonchev–Trinajstić information content (AvgIpc) is 2.72. The standard InChI is InChI=1S/C14H18N2O5S/c1-9-7-11-8-12(3-4-13(11)16(9)10(2)17)22(20,21)15-6-5-14(18)19/h3-4,8-9,15H,5-7H2,1-2H3,(H,18,19). The van der Waals surface area contributed by atoms with Crippen molar-refractivity contribution in [1.29, 1.82) is 0 Å². The molecule has 1 unspecified atom stereocenters. The van der Waals surface area contributed by atoms with Crippen LogP contribution in [0.3, 0.4) is 0 Å². The van der Waals surface area contributed by atoms with Crippen LogP contribution in [-0.2, 0) is 26.0 Å². The molecule has 0 spiro atoms. The number of sulfonamides is 1. The average molecular weight is 326 g/mol. The van der Waals surface area contributed by atoms with Crippen LogP contribution >= 0.6 is 0 Å². The van der Waals surface area contributed by atoms with Gasteiger partial charge in [0, 0.05) is 25.2 Å². The molecule has 0 aliphatic carbocycles. The lowest BCUT2D eigenvalue weighted by molar-refractivity contribution is -0.136. The lowest BCUT2D eigenvalue weighted by Crippen LogP contribution is -2.33. The maximum atomic E-state index is 12.1. The number of aliphatic carboxylic acids is 1. The quantitative estimate of drug-likeness (QED) is 0.830. The van der Waals surface area contributed by atoms with Gasteiger partial charge in [-0.2, -0.15) is 0 Å². The summed E-state index contributed by atoms with van der Waals surface area (Å²) in [6, 6.07) is 4.57. The topological polar surface area (TPSA) is 104 Å². The number of hydrogen-bond acceptors (Lipinski definition) is 4. The number of nitrogens with one attached hydrogen (secondary N) is 1. The van der Waals surface area contributed by atoms with Gasteiger partial charge in [-0.15, -0.1) is 0 Å². The maximum absolute atomic E-state index is 12.1. The van der Waals surface area contributed by atoms with Crippen molar-refractivity contribution in [2.45, 2.75) is 37.6 Å². The van der Waals surface area contributed by atoms with E-state index in [9.17, 15) is 18.0 Å². The molecule has 2 N–H and O–H groups in total. The van der Waals surface area contributed by atoms with E-state index in [4.69, 9.17) is 5.11 Å². The van der Waals surface area contributed by atoms with Crippen LogP contribution in [0.15, 0.2) is 23.1 Å². The summed E-state index contributed by atoms with van der Waals surface area (Å²) in [5.74, 6) is -1.15. The predicted molar refractivity (Wildman–Crippen MR) is 80.2 cm³/mol. The van der Waals surface area contributed by atoms with Crippen LogP contribution in [0.2, 0.25) is 0 Å². The number of rotatable bonds is 5. The SMILES string of the molecule is CC(=O)N1c2ccc(S(=O)(=O)NCCC(=O)O)cc2CC1C. The van der Waals surface area contributed by atoms with E-state index in [1.807, 2.05) is 6.92 Å². The van der Waals surface area contributed by atoms with Gasteiger partial charge in [0.25, 0.3) is 0 Å². The second-order valence-corrected chi connectivity index (χ2v) is 7.04. The molecule has 0 saturated carbocycles. The highest BCUT2D eigenvalue weighted by atomic mass is 32.2. The largest absolute Gasteiger partial charge is 0.481 e. The number of carbonyl (C=O) groups excluding carboxylic acids is 1. The minimum atomic E-state index is -3.75. The van der Waals surface area contributed by atoms with Crippen LogP contribution in [0.5, 0.6) is 0 Å². The van der Waals surface area contributed by atoms with Crippen molar-refractivity contribution < 1.29 is 23.1 Å². The maximum Gasteiger partial charge on any atom is 0.304 e. The first-order chi connectivity index (χ1) is 10.2. The summed E-state index contributed by atoms with van der Waals surface area (Å²) in [5.41, 5.74) is 1.52. The molecule has 1 aliphatic rings. The summed E-state index contributed by atoms with van der Waals surface area (Å²) in [5, 5.41) is 8.55. The Bertz CT molecular complexity index is 714. The molecule has 1 aromatic carbocycles. The Hall–Kier alpha value is -1.93. The fourth-order valence-corrected chi connectivity index (χ4v) is 3.71. The van der Waals surface area contributed by atoms with Crippen molar-refractivity contribution >= 4 is 27.6 Å². The third-order valence-electron chi connectivity index (χ3n) is 3.55. The Labute approximate surface area is 129 Å². The van der Waals surface area contributed by atoms with Crippen molar-refractivity contribution in [3.63, 3.8) is 0 Å². The van der Waals surface area contributed by atoms with Crippen molar-refractivity contribution in [2.24, 2.45) is 0 Å². The summed E-state index contributed by atoms with van der Waals surface area (Å²) in [4.78, 5) is 23.8. The van der Waals surface area contributed by atoms with Crippen LogP contribution < -0.4 is 9.62 Å². The fraction of sp³-hybridized carbons (Fsp3) is 0.429. The molecule has 0 saturated heterocycles. The molecule has 7 nitrogen and oxygen atoms in total. The van der Waals surface area contributed by atoms with Gasteiger partial charge in [-0.3, -0.25) is 9.59 Å². The van der Waals surface area contributed by atoms with E-state index in [0.717, 1.165) is 11.3 Å². The first kappa shape index (κ1) is 16.4. The van der Waals surface area contributed by atoms with Gasteiger partial charge >= 0.3 is 5.97 Å². The summed E-state index contributed by atoms with van der Waals surface area (Å²) < 4.78 is 26.5. The number of nitrogens with zero attached hydrogens (tertiary/aromatic N) is 1. The highest BCUT2D eigenvalue weighted by molar-refractivity contribution is 7.89. The van der Waals surface area contributed by atoms with Crippen LogP contribution in [0, 0.1) is 0 Å². The zero-order valence-corrected chi connectivity index (χ0v) is 13.2. The predicted octanol–water partition coefficient (Wildman–Crippen LogP) is 0.737. The third kappa shape index (κ3) is 3.28. The van der Waals surface area contributed by atoms with Gasteiger partial charge in [-0.1, -0.05) is 0 Å². The molecular weight excluding hydrogens is 308 g/mol. The van der Waals surface area contributed by atoms with Gasteiger partial charge in [0.05, 0.1) is 11.3 Å². The Kier molecular flexibility index (Phi) is 4.52. The molecule has 1 heterocycles. The van der Waals surface area contributed by atoms with Crippen molar-refractivity contribution in [1.82, 2.24) is 4.72 Å². The lowest BCUT2D eigenvalue weighted by atomic mass is 10.1. The van der Waals surface area contributed by atoms with Crippen LogP contribution in [-0.4, -0.2) is 38.0 Å². The molecule has 0 bridgehead atoms.